The maximum Gasteiger partial charge on any atom is 0.411 e. The molecule has 1 aromatic heterocycles. The van der Waals surface area contributed by atoms with E-state index < -0.39 is 11.7 Å². The maximum atomic E-state index is 12.8. The molecule has 2 heterocycles. The summed E-state index contributed by atoms with van der Waals surface area (Å²) in [6.07, 6.45) is -0.517. The van der Waals surface area contributed by atoms with Crippen LogP contribution in [0, 0.1) is 0 Å². The molecule has 0 spiro atoms. The van der Waals surface area contributed by atoms with Gasteiger partial charge in [0, 0.05) is 63.0 Å². The van der Waals surface area contributed by atoms with Gasteiger partial charge in [-0.05, 0) is 57.0 Å². The van der Waals surface area contributed by atoms with Crippen LogP contribution in [0.1, 0.15) is 45.2 Å². The van der Waals surface area contributed by atoms with Crippen molar-refractivity contribution < 1.29 is 23.9 Å². The number of hydrogen-bond acceptors (Lipinski definition) is 8. The van der Waals surface area contributed by atoms with Crippen LogP contribution in [0.15, 0.2) is 65.5 Å². The summed E-state index contributed by atoms with van der Waals surface area (Å²) in [5.41, 5.74) is 2.82. The molecule has 45 heavy (non-hydrogen) atoms. The minimum Gasteiger partial charge on any atom is -0.450 e. The van der Waals surface area contributed by atoms with Crippen LogP contribution in [-0.2, 0) is 27.4 Å². The fraction of sp³-hybridized carbons (Fsp3) is 0.424. The standard InChI is InChI=1S/C33H42N6O6/c1-5-44-31(42)35-26-11-8-9-24(21-26)23-39-30(41)14-13-28(36-39)27-12-7-6-10-25(27)22-34-29(40)15-16-37-17-19-38(20-18-37)32(43)45-33(2,3)4/h6-14,21H,5,15-20,22-23H2,1-4H3,(H,34,40)(H,35,42). The second kappa shape index (κ2) is 15.3. The lowest BCUT2D eigenvalue weighted by atomic mass is 10.0. The maximum absolute atomic E-state index is 12.8. The quantitative estimate of drug-likeness (QED) is 0.347. The van der Waals surface area contributed by atoms with Gasteiger partial charge in [-0.1, -0.05) is 36.4 Å². The highest BCUT2D eigenvalue weighted by Gasteiger charge is 2.26. The lowest BCUT2D eigenvalue weighted by Gasteiger charge is -2.35. The number of carbonyl (C=O) groups excluding carboxylic acids is 3. The number of amides is 3. The normalized spacial score (nSPS) is 13.6. The van der Waals surface area contributed by atoms with Crippen LogP contribution >= 0.6 is 0 Å². The number of benzene rings is 2. The van der Waals surface area contributed by atoms with Gasteiger partial charge in [-0.3, -0.25) is 19.8 Å². The Morgan fingerprint density at radius 3 is 2.44 bits per heavy atom. The number of anilines is 1. The number of rotatable bonds is 10. The zero-order valence-corrected chi connectivity index (χ0v) is 26.4. The molecule has 3 amide bonds. The van der Waals surface area contributed by atoms with Crippen molar-refractivity contribution in [3.8, 4) is 11.3 Å². The SMILES string of the molecule is CCOC(=O)Nc1cccc(Cn2nc(-c3ccccc3CNC(=O)CCN3CCN(C(=O)OC(C)(C)C)CC3)ccc2=O)c1. The zero-order chi connectivity index (χ0) is 32.4. The van der Waals surface area contributed by atoms with Crippen LogP contribution in [0.5, 0.6) is 0 Å². The van der Waals surface area contributed by atoms with Crippen LogP contribution in [0.25, 0.3) is 11.3 Å². The van der Waals surface area contributed by atoms with Crippen molar-refractivity contribution >= 4 is 23.8 Å². The average Bonchev–Trinajstić information content (AvgIpc) is 3.00. The molecule has 3 aromatic rings. The van der Waals surface area contributed by atoms with Crippen molar-refractivity contribution in [3.63, 3.8) is 0 Å². The number of nitrogens with one attached hydrogen (secondary N) is 2. The summed E-state index contributed by atoms with van der Waals surface area (Å²) in [7, 11) is 0. The Morgan fingerprint density at radius 1 is 0.956 bits per heavy atom. The molecule has 1 aliphatic rings. The van der Waals surface area contributed by atoms with Gasteiger partial charge in [0.25, 0.3) is 5.56 Å². The lowest BCUT2D eigenvalue weighted by molar-refractivity contribution is -0.121. The highest BCUT2D eigenvalue weighted by atomic mass is 16.6. The zero-order valence-electron chi connectivity index (χ0n) is 26.4. The summed E-state index contributed by atoms with van der Waals surface area (Å²) in [5.74, 6) is -0.0754. The fourth-order valence-electron chi connectivity index (χ4n) is 4.86. The molecule has 0 radical (unpaired) electrons. The second-order valence-corrected chi connectivity index (χ2v) is 11.8. The van der Waals surface area contributed by atoms with Gasteiger partial charge >= 0.3 is 12.2 Å². The van der Waals surface area contributed by atoms with Gasteiger partial charge in [0.15, 0.2) is 0 Å². The molecule has 0 saturated carbocycles. The summed E-state index contributed by atoms with van der Waals surface area (Å²) >= 11 is 0. The Morgan fingerprint density at radius 2 is 1.71 bits per heavy atom. The van der Waals surface area contributed by atoms with Gasteiger partial charge in [-0.15, -0.1) is 0 Å². The summed E-state index contributed by atoms with van der Waals surface area (Å²) in [6.45, 7) is 11.2. The van der Waals surface area contributed by atoms with E-state index in [1.165, 1.54) is 10.7 Å². The molecular formula is C33H42N6O6. The number of aromatic nitrogens is 2. The summed E-state index contributed by atoms with van der Waals surface area (Å²) in [6, 6.07) is 17.9. The predicted molar refractivity (Wildman–Crippen MR) is 171 cm³/mol. The molecule has 2 aromatic carbocycles. The topological polar surface area (TPSA) is 135 Å². The molecule has 240 valence electrons. The van der Waals surface area contributed by atoms with E-state index in [4.69, 9.17) is 9.47 Å². The van der Waals surface area contributed by atoms with Crippen molar-refractivity contribution in [1.29, 1.82) is 0 Å². The summed E-state index contributed by atoms with van der Waals surface area (Å²) in [5, 5.41) is 10.3. The summed E-state index contributed by atoms with van der Waals surface area (Å²) < 4.78 is 11.8. The molecule has 12 heteroatoms. The highest BCUT2D eigenvalue weighted by Crippen LogP contribution is 2.21. The first-order valence-electron chi connectivity index (χ1n) is 15.2. The molecular weight excluding hydrogens is 576 g/mol. The smallest absolute Gasteiger partial charge is 0.411 e. The molecule has 1 aliphatic heterocycles. The van der Waals surface area contributed by atoms with E-state index in [2.05, 4.69) is 20.6 Å². The van der Waals surface area contributed by atoms with Gasteiger partial charge in [0.05, 0.1) is 18.8 Å². The third kappa shape index (κ3) is 10.2. The third-order valence-corrected chi connectivity index (χ3v) is 7.10. The molecule has 12 nitrogen and oxygen atoms in total. The number of ether oxygens (including phenoxy) is 2. The van der Waals surface area contributed by atoms with E-state index in [1.807, 2.05) is 51.1 Å². The van der Waals surface area contributed by atoms with Gasteiger partial charge in [-0.2, -0.15) is 5.10 Å². The molecule has 0 atom stereocenters. The fourth-order valence-corrected chi connectivity index (χ4v) is 4.86. The number of carbonyl (C=O) groups is 3. The third-order valence-electron chi connectivity index (χ3n) is 7.10. The van der Waals surface area contributed by atoms with E-state index in [-0.39, 0.29) is 30.7 Å². The van der Waals surface area contributed by atoms with Gasteiger partial charge in [0.1, 0.15) is 5.60 Å². The highest BCUT2D eigenvalue weighted by molar-refractivity contribution is 5.84. The van der Waals surface area contributed by atoms with Crippen molar-refractivity contribution in [1.82, 2.24) is 24.9 Å². The van der Waals surface area contributed by atoms with Gasteiger partial charge < -0.3 is 19.7 Å². The van der Waals surface area contributed by atoms with Gasteiger partial charge in [0.2, 0.25) is 5.91 Å². The van der Waals surface area contributed by atoms with Crippen LogP contribution in [0.2, 0.25) is 0 Å². The van der Waals surface area contributed by atoms with Crippen LogP contribution < -0.4 is 16.2 Å². The Kier molecular flexibility index (Phi) is 11.3. The molecule has 0 bridgehead atoms. The molecule has 1 fully saturated rings. The van der Waals surface area contributed by atoms with Crippen LogP contribution in [-0.4, -0.2) is 82.6 Å². The largest absolute Gasteiger partial charge is 0.450 e. The number of nitrogens with zero attached hydrogens (tertiary/aromatic N) is 4. The first-order valence-corrected chi connectivity index (χ1v) is 15.2. The Balaban J connectivity index is 1.33. The van der Waals surface area contributed by atoms with Crippen LogP contribution in [0.3, 0.4) is 0 Å². The van der Waals surface area contributed by atoms with Crippen molar-refractivity contribution in [3.05, 3.63) is 82.1 Å². The Bertz CT molecular complexity index is 1540. The van der Waals surface area contributed by atoms with E-state index in [1.54, 1.807) is 36.1 Å². The molecule has 2 N–H and O–H groups in total. The second-order valence-electron chi connectivity index (χ2n) is 11.8. The minimum absolute atomic E-state index is 0.0754. The van der Waals surface area contributed by atoms with E-state index in [9.17, 15) is 19.2 Å². The molecule has 0 aliphatic carbocycles. The van der Waals surface area contributed by atoms with Gasteiger partial charge in [-0.25, -0.2) is 14.3 Å². The number of hydrogen-bond donors (Lipinski definition) is 2. The van der Waals surface area contributed by atoms with E-state index in [0.717, 1.165) is 16.7 Å². The first kappa shape index (κ1) is 33.2. The van der Waals surface area contributed by atoms with Crippen molar-refractivity contribution in [2.45, 2.75) is 52.8 Å². The van der Waals surface area contributed by atoms with E-state index in [0.29, 0.717) is 57.1 Å². The van der Waals surface area contributed by atoms with Crippen molar-refractivity contribution in [2.24, 2.45) is 0 Å². The molecule has 1 saturated heterocycles. The molecule has 0 unspecified atom stereocenters. The predicted octanol–water partition coefficient (Wildman–Crippen LogP) is 4.09. The Hall–Kier alpha value is -4.71. The molecule has 4 rings (SSSR count). The van der Waals surface area contributed by atoms with Crippen LogP contribution in [0.4, 0.5) is 15.3 Å². The monoisotopic (exact) mass is 618 g/mol. The average molecular weight is 619 g/mol. The minimum atomic E-state index is -0.547. The first-order chi connectivity index (χ1) is 21.5. The van der Waals surface area contributed by atoms with E-state index >= 15 is 0 Å². The van der Waals surface area contributed by atoms with Crippen molar-refractivity contribution in [2.75, 3.05) is 44.6 Å². The Labute approximate surface area is 263 Å². The number of piperazine rings is 1. The summed E-state index contributed by atoms with van der Waals surface area (Å²) in [4.78, 5) is 53.4. The lowest BCUT2D eigenvalue weighted by Crippen LogP contribution is -2.50.